The molecule has 1 atom stereocenters. The maximum Gasteiger partial charge on any atom is 0.0553 e. The molecule has 106 valence electrons. The smallest absolute Gasteiger partial charge is 0.0553 e. The Morgan fingerprint density at radius 2 is 2.11 bits per heavy atom. The number of thiophene rings is 1. The Morgan fingerprint density at radius 3 is 2.79 bits per heavy atom. The maximum atomic E-state index is 3.70. The van der Waals surface area contributed by atoms with Crippen LogP contribution in [0.5, 0.6) is 0 Å². The molecule has 0 spiro atoms. The zero-order valence-corrected chi connectivity index (χ0v) is 14.0. The Kier molecular flexibility index (Phi) is 4.66. The van der Waals surface area contributed by atoms with E-state index < -0.39 is 0 Å². The van der Waals surface area contributed by atoms with Gasteiger partial charge in [-0.25, -0.2) is 0 Å². The summed E-state index contributed by atoms with van der Waals surface area (Å²) in [5.41, 5.74) is 0.382. The van der Waals surface area contributed by atoms with Gasteiger partial charge in [0.1, 0.15) is 0 Å². The van der Waals surface area contributed by atoms with Gasteiger partial charge in [0.2, 0.25) is 0 Å². The van der Waals surface area contributed by atoms with E-state index in [2.05, 4.69) is 38.3 Å². The van der Waals surface area contributed by atoms with Crippen molar-refractivity contribution in [2.45, 2.75) is 50.5 Å². The third-order valence-electron chi connectivity index (χ3n) is 5.00. The van der Waals surface area contributed by atoms with Gasteiger partial charge in [0.25, 0.3) is 0 Å². The van der Waals surface area contributed by atoms with Crippen molar-refractivity contribution < 1.29 is 0 Å². The largest absolute Gasteiger partial charge is 0.293 e. The highest BCUT2D eigenvalue weighted by Crippen LogP contribution is 2.45. The van der Waals surface area contributed by atoms with E-state index in [1.165, 1.54) is 63.4 Å². The van der Waals surface area contributed by atoms with Crippen molar-refractivity contribution in [1.29, 1.82) is 0 Å². The monoisotopic (exact) mass is 341 g/mol. The molecule has 1 aliphatic carbocycles. The molecular formula is C16H24BrNS. The number of halogens is 1. The molecule has 2 aliphatic rings. The van der Waals surface area contributed by atoms with Crippen LogP contribution in [0.15, 0.2) is 17.5 Å². The molecule has 0 aromatic carbocycles. The zero-order chi connectivity index (χ0) is 13.1. The molecule has 2 fully saturated rings. The SMILES string of the molecule is BrCC1CCCN(C2(c3cccs3)CCCCC2)C1. The first-order valence-corrected chi connectivity index (χ1v) is 9.70. The summed E-state index contributed by atoms with van der Waals surface area (Å²) >= 11 is 5.68. The quantitative estimate of drug-likeness (QED) is 0.698. The normalized spacial score (nSPS) is 28.4. The first kappa shape index (κ1) is 14.1. The number of likely N-dealkylation sites (tertiary alicyclic amines) is 1. The molecule has 0 N–H and O–H groups in total. The van der Waals surface area contributed by atoms with Crippen LogP contribution in [0, 0.1) is 5.92 Å². The summed E-state index contributed by atoms with van der Waals surface area (Å²) in [7, 11) is 0. The second kappa shape index (κ2) is 6.28. The highest BCUT2D eigenvalue weighted by Gasteiger charge is 2.41. The summed E-state index contributed by atoms with van der Waals surface area (Å²) in [6, 6.07) is 4.62. The minimum atomic E-state index is 0.382. The Morgan fingerprint density at radius 1 is 1.26 bits per heavy atom. The van der Waals surface area contributed by atoms with Gasteiger partial charge in [0.05, 0.1) is 5.54 Å². The van der Waals surface area contributed by atoms with E-state index in [-0.39, 0.29) is 0 Å². The molecule has 1 aromatic rings. The predicted molar refractivity (Wildman–Crippen MR) is 87.2 cm³/mol. The number of nitrogens with zero attached hydrogens (tertiary/aromatic N) is 1. The van der Waals surface area contributed by atoms with Gasteiger partial charge in [-0.15, -0.1) is 11.3 Å². The van der Waals surface area contributed by atoms with E-state index >= 15 is 0 Å². The molecule has 0 radical (unpaired) electrons. The van der Waals surface area contributed by atoms with E-state index in [9.17, 15) is 0 Å². The van der Waals surface area contributed by atoms with E-state index in [1.54, 1.807) is 4.88 Å². The molecular weight excluding hydrogens is 318 g/mol. The summed E-state index contributed by atoms with van der Waals surface area (Å²) in [4.78, 5) is 4.47. The summed E-state index contributed by atoms with van der Waals surface area (Å²) in [6.45, 7) is 2.60. The Balaban J connectivity index is 1.86. The van der Waals surface area contributed by atoms with Crippen molar-refractivity contribution in [1.82, 2.24) is 4.90 Å². The lowest BCUT2D eigenvalue weighted by Crippen LogP contribution is -2.51. The average molecular weight is 342 g/mol. The lowest BCUT2D eigenvalue weighted by molar-refractivity contribution is 0.0175. The molecule has 1 saturated carbocycles. The fraction of sp³-hybridized carbons (Fsp3) is 0.750. The van der Waals surface area contributed by atoms with Crippen molar-refractivity contribution in [2.75, 3.05) is 18.4 Å². The van der Waals surface area contributed by atoms with Gasteiger partial charge in [-0.2, -0.15) is 0 Å². The van der Waals surface area contributed by atoms with Crippen LogP contribution in [-0.4, -0.2) is 23.3 Å². The van der Waals surface area contributed by atoms with Gasteiger partial charge >= 0.3 is 0 Å². The van der Waals surface area contributed by atoms with Crippen molar-refractivity contribution in [3.05, 3.63) is 22.4 Å². The summed E-state index contributed by atoms with van der Waals surface area (Å²) < 4.78 is 0. The Hall–Kier alpha value is 0.140. The summed E-state index contributed by atoms with van der Waals surface area (Å²) in [6.07, 6.45) is 9.79. The molecule has 2 heterocycles. The van der Waals surface area contributed by atoms with Crippen molar-refractivity contribution in [2.24, 2.45) is 5.92 Å². The van der Waals surface area contributed by atoms with Crippen LogP contribution in [0.3, 0.4) is 0 Å². The highest BCUT2D eigenvalue weighted by atomic mass is 79.9. The third kappa shape index (κ3) is 2.79. The number of piperidine rings is 1. The molecule has 1 aromatic heterocycles. The van der Waals surface area contributed by atoms with E-state index in [0.29, 0.717) is 5.54 Å². The standard InChI is InChI=1S/C16H24BrNS/c17-12-14-6-4-10-18(13-14)16(8-2-1-3-9-16)15-7-5-11-19-15/h5,7,11,14H,1-4,6,8-10,12-13H2. The maximum absolute atomic E-state index is 3.70. The summed E-state index contributed by atoms with van der Waals surface area (Å²) in [5.74, 6) is 0.854. The number of hydrogen-bond donors (Lipinski definition) is 0. The van der Waals surface area contributed by atoms with Crippen LogP contribution in [0.25, 0.3) is 0 Å². The highest BCUT2D eigenvalue weighted by molar-refractivity contribution is 9.09. The zero-order valence-electron chi connectivity index (χ0n) is 11.6. The molecule has 0 bridgehead atoms. The summed E-state index contributed by atoms with van der Waals surface area (Å²) in [5, 5.41) is 3.43. The Bertz CT molecular complexity index is 383. The van der Waals surface area contributed by atoms with Gasteiger partial charge in [-0.3, -0.25) is 4.90 Å². The molecule has 1 unspecified atom stereocenters. The van der Waals surface area contributed by atoms with Crippen molar-refractivity contribution in [3.8, 4) is 0 Å². The van der Waals surface area contributed by atoms with Gasteiger partial charge < -0.3 is 0 Å². The molecule has 1 saturated heterocycles. The topological polar surface area (TPSA) is 3.24 Å². The minimum absolute atomic E-state index is 0.382. The molecule has 0 amide bonds. The minimum Gasteiger partial charge on any atom is -0.293 e. The van der Waals surface area contributed by atoms with E-state index in [1.807, 2.05) is 11.3 Å². The number of rotatable bonds is 3. The third-order valence-corrected chi connectivity index (χ3v) is 6.98. The molecule has 1 nitrogen and oxygen atoms in total. The second-order valence-electron chi connectivity index (χ2n) is 6.18. The number of hydrogen-bond acceptors (Lipinski definition) is 2. The van der Waals surface area contributed by atoms with Crippen LogP contribution in [0.4, 0.5) is 0 Å². The van der Waals surface area contributed by atoms with Crippen LogP contribution >= 0.6 is 27.3 Å². The Labute approximate surface area is 129 Å². The number of alkyl halides is 1. The molecule has 3 heteroatoms. The van der Waals surface area contributed by atoms with Gasteiger partial charge in [0, 0.05) is 16.8 Å². The van der Waals surface area contributed by atoms with Crippen LogP contribution in [-0.2, 0) is 5.54 Å². The van der Waals surface area contributed by atoms with Crippen molar-refractivity contribution in [3.63, 3.8) is 0 Å². The predicted octanol–water partition coefficient (Wildman–Crippen LogP) is 5.01. The van der Waals surface area contributed by atoms with Crippen molar-refractivity contribution >= 4 is 27.3 Å². The fourth-order valence-corrected chi connectivity index (χ4v) is 5.52. The molecule has 3 rings (SSSR count). The van der Waals surface area contributed by atoms with Gasteiger partial charge in [-0.05, 0) is 49.6 Å². The molecule has 1 aliphatic heterocycles. The molecule has 19 heavy (non-hydrogen) atoms. The first-order chi connectivity index (χ1) is 9.35. The second-order valence-corrected chi connectivity index (χ2v) is 7.77. The van der Waals surface area contributed by atoms with Crippen LogP contribution < -0.4 is 0 Å². The lowest BCUT2D eigenvalue weighted by Gasteiger charge is -2.49. The van der Waals surface area contributed by atoms with Crippen LogP contribution in [0.2, 0.25) is 0 Å². The fourth-order valence-electron chi connectivity index (χ4n) is 3.98. The van der Waals surface area contributed by atoms with Gasteiger partial charge in [-0.1, -0.05) is 41.3 Å². The first-order valence-electron chi connectivity index (χ1n) is 7.70. The van der Waals surface area contributed by atoms with E-state index in [0.717, 1.165) is 5.92 Å². The average Bonchev–Trinajstić information content (AvgIpc) is 3.03. The van der Waals surface area contributed by atoms with Gasteiger partial charge in [0.15, 0.2) is 0 Å². The van der Waals surface area contributed by atoms with E-state index in [4.69, 9.17) is 0 Å². The lowest BCUT2D eigenvalue weighted by atomic mass is 9.77. The van der Waals surface area contributed by atoms with Crippen LogP contribution in [0.1, 0.15) is 49.8 Å².